The zero-order valence-electron chi connectivity index (χ0n) is 10.3. The van der Waals surface area contributed by atoms with Crippen LogP contribution in [0.25, 0.3) is 0 Å². The standard InChI is InChI=1S/C10H23NO4S/c1-4-10(3,6-7-12)11-16(13,14)9-8-15-5-2/h11-12H,4-9H2,1-3H3. The monoisotopic (exact) mass is 253 g/mol. The summed E-state index contributed by atoms with van der Waals surface area (Å²) in [6.45, 7) is 6.18. The summed E-state index contributed by atoms with van der Waals surface area (Å²) in [5.74, 6) is -0.0398. The number of sulfonamides is 1. The van der Waals surface area contributed by atoms with E-state index in [2.05, 4.69) is 4.72 Å². The first-order valence-electron chi connectivity index (χ1n) is 5.59. The van der Waals surface area contributed by atoms with Crippen LogP contribution < -0.4 is 4.72 Å². The summed E-state index contributed by atoms with van der Waals surface area (Å²) < 4.78 is 31.0. The Hall–Kier alpha value is -0.170. The highest BCUT2D eigenvalue weighted by Crippen LogP contribution is 2.15. The van der Waals surface area contributed by atoms with Crippen molar-refractivity contribution >= 4 is 10.0 Å². The molecule has 0 aliphatic heterocycles. The minimum absolute atomic E-state index is 0.0294. The van der Waals surface area contributed by atoms with Crippen molar-refractivity contribution in [3.63, 3.8) is 0 Å². The zero-order chi connectivity index (χ0) is 12.7. The smallest absolute Gasteiger partial charge is 0.214 e. The number of ether oxygens (including phenoxy) is 1. The second-order valence-electron chi connectivity index (χ2n) is 4.01. The maximum Gasteiger partial charge on any atom is 0.214 e. The largest absolute Gasteiger partial charge is 0.396 e. The van der Waals surface area contributed by atoms with Crippen LogP contribution in [0.3, 0.4) is 0 Å². The van der Waals surface area contributed by atoms with Crippen LogP contribution in [0.2, 0.25) is 0 Å². The predicted octanol–water partition coefficient (Wildman–Crippen LogP) is 0.493. The van der Waals surface area contributed by atoms with Gasteiger partial charge in [0.1, 0.15) is 0 Å². The molecular weight excluding hydrogens is 230 g/mol. The molecule has 0 spiro atoms. The zero-order valence-corrected chi connectivity index (χ0v) is 11.1. The predicted molar refractivity (Wildman–Crippen MR) is 63.8 cm³/mol. The molecule has 0 saturated heterocycles. The van der Waals surface area contributed by atoms with Gasteiger partial charge in [0.25, 0.3) is 0 Å². The van der Waals surface area contributed by atoms with E-state index >= 15 is 0 Å². The van der Waals surface area contributed by atoms with Gasteiger partial charge in [0.05, 0.1) is 12.4 Å². The summed E-state index contributed by atoms with van der Waals surface area (Å²) in [6, 6.07) is 0. The molecule has 0 amide bonds. The molecule has 98 valence electrons. The molecule has 2 N–H and O–H groups in total. The molecular formula is C10H23NO4S. The molecule has 0 aromatic carbocycles. The Balaban J connectivity index is 4.31. The van der Waals surface area contributed by atoms with Crippen LogP contribution in [-0.2, 0) is 14.8 Å². The van der Waals surface area contributed by atoms with Crippen molar-refractivity contribution in [3.05, 3.63) is 0 Å². The summed E-state index contributed by atoms with van der Waals surface area (Å²) in [4.78, 5) is 0. The lowest BCUT2D eigenvalue weighted by atomic mass is 9.97. The van der Waals surface area contributed by atoms with Crippen molar-refractivity contribution in [2.24, 2.45) is 0 Å². The molecule has 6 heteroatoms. The molecule has 0 fully saturated rings. The second kappa shape index (κ2) is 7.21. The first kappa shape index (κ1) is 15.8. The van der Waals surface area contributed by atoms with Crippen LogP contribution in [0.4, 0.5) is 0 Å². The van der Waals surface area contributed by atoms with Crippen LogP contribution in [0, 0.1) is 0 Å². The Labute approximate surface area is 98.2 Å². The summed E-state index contributed by atoms with van der Waals surface area (Å²) >= 11 is 0. The van der Waals surface area contributed by atoms with E-state index in [9.17, 15) is 8.42 Å². The quantitative estimate of drug-likeness (QED) is 0.587. The fourth-order valence-corrected chi connectivity index (χ4v) is 2.72. The van der Waals surface area contributed by atoms with Crippen molar-refractivity contribution in [1.82, 2.24) is 4.72 Å². The Morgan fingerprint density at radius 3 is 2.44 bits per heavy atom. The molecule has 0 bridgehead atoms. The second-order valence-corrected chi connectivity index (χ2v) is 5.85. The number of aliphatic hydroxyl groups excluding tert-OH is 1. The maximum absolute atomic E-state index is 11.7. The van der Waals surface area contributed by atoms with Crippen molar-refractivity contribution in [2.75, 3.05) is 25.6 Å². The van der Waals surface area contributed by atoms with Crippen LogP contribution >= 0.6 is 0 Å². The van der Waals surface area contributed by atoms with Crippen LogP contribution in [0.15, 0.2) is 0 Å². The van der Waals surface area contributed by atoms with Gasteiger partial charge >= 0.3 is 0 Å². The topological polar surface area (TPSA) is 75.6 Å². The molecule has 1 atom stereocenters. The van der Waals surface area contributed by atoms with Gasteiger partial charge in [-0.05, 0) is 26.7 Å². The number of hydrogen-bond acceptors (Lipinski definition) is 4. The average Bonchev–Trinajstić information content (AvgIpc) is 2.17. The highest BCUT2D eigenvalue weighted by molar-refractivity contribution is 7.89. The van der Waals surface area contributed by atoms with Gasteiger partial charge in [0.15, 0.2) is 0 Å². The Morgan fingerprint density at radius 2 is 2.00 bits per heavy atom. The third-order valence-corrected chi connectivity index (χ3v) is 4.05. The van der Waals surface area contributed by atoms with Crippen molar-refractivity contribution in [2.45, 2.75) is 39.2 Å². The fourth-order valence-electron chi connectivity index (χ4n) is 1.29. The lowest BCUT2D eigenvalue weighted by Gasteiger charge is -2.28. The van der Waals surface area contributed by atoms with Gasteiger partial charge in [0, 0.05) is 18.8 Å². The molecule has 0 aromatic heterocycles. The maximum atomic E-state index is 11.7. The molecule has 0 saturated carbocycles. The third-order valence-electron chi connectivity index (χ3n) is 2.55. The van der Waals surface area contributed by atoms with Gasteiger partial charge in [-0.3, -0.25) is 0 Å². The van der Waals surface area contributed by atoms with E-state index in [1.54, 1.807) is 6.92 Å². The molecule has 0 radical (unpaired) electrons. The highest BCUT2D eigenvalue weighted by atomic mass is 32.2. The first-order chi connectivity index (χ1) is 7.39. The lowest BCUT2D eigenvalue weighted by molar-refractivity contribution is 0.163. The Morgan fingerprint density at radius 1 is 1.38 bits per heavy atom. The van der Waals surface area contributed by atoms with E-state index in [-0.39, 0.29) is 19.0 Å². The van der Waals surface area contributed by atoms with Crippen molar-refractivity contribution < 1.29 is 18.3 Å². The molecule has 0 rings (SSSR count). The number of rotatable bonds is 9. The fraction of sp³-hybridized carbons (Fsp3) is 1.00. The molecule has 0 aliphatic rings. The summed E-state index contributed by atoms with van der Waals surface area (Å²) in [5.41, 5.74) is -0.570. The first-order valence-corrected chi connectivity index (χ1v) is 7.24. The molecule has 1 unspecified atom stereocenters. The van der Waals surface area contributed by atoms with Crippen molar-refractivity contribution in [3.8, 4) is 0 Å². The van der Waals surface area contributed by atoms with Gasteiger partial charge in [0.2, 0.25) is 10.0 Å². The molecule has 0 aliphatic carbocycles. The summed E-state index contributed by atoms with van der Waals surface area (Å²) in [5, 5.41) is 8.88. The van der Waals surface area contributed by atoms with Crippen molar-refractivity contribution in [1.29, 1.82) is 0 Å². The van der Waals surface area contributed by atoms with E-state index in [1.807, 2.05) is 13.8 Å². The van der Waals surface area contributed by atoms with Gasteiger partial charge in [-0.1, -0.05) is 6.92 Å². The minimum atomic E-state index is -3.33. The van der Waals surface area contributed by atoms with Crippen LogP contribution in [-0.4, -0.2) is 44.6 Å². The molecule has 0 aromatic rings. The SMILES string of the molecule is CCOCCS(=O)(=O)NC(C)(CC)CCO. The van der Waals surface area contributed by atoms with E-state index in [4.69, 9.17) is 9.84 Å². The summed E-state index contributed by atoms with van der Waals surface area (Å²) in [6.07, 6.45) is 1.05. The molecule has 16 heavy (non-hydrogen) atoms. The molecule has 0 heterocycles. The Kier molecular flexibility index (Phi) is 7.14. The lowest BCUT2D eigenvalue weighted by Crippen LogP contribution is -2.47. The van der Waals surface area contributed by atoms with E-state index in [1.165, 1.54) is 0 Å². The minimum Gasteiger partial charge on any atom is -0.396 e. The Bertz CT molecular complexity index is 279. The molecule has 5 nitrogen and oxygen atoms in total. The van der Waals surface area contributed by atoms with Gasteiger partial charge in [-0.25, -0.2) is 13.1 Å². The third kappa shape index (κ3) is 6.42. The number of nitrogens with one attached hydrogen (secondary N) is 1. The number of hydrogen-bond donors (Lipinski definition) is 2. The van der Waals surface area contributed by atoms with Gasteiger partial charge in [-0.15, -0.1) is 0 Å². The van der Waals surface area contributed by atoms with Crippen LogP contribution in [0.1, 0.15) is 33.6 Å². The van der Waals surface area contributed by atoms with Gasteiger partial charge < -0.3 is 9.84 Å². The highest BCUT2D eigenvalue weighted by Gasteiger charge is 2.27. The van der Waals surface area contributed by atoms with E-state index < -0.39 is 15.6 Å². The normalized spacial score (nSPS) is 16.0. The number of aliphatic hydroxyl groups is 1. The van der Waals surface area contributed by atoms with E-state index in [0.717, 1.165) is 0 Å². The van der Waals surface area contributed by atoms with E-state index in [0.29, 0.717) is 19.4 Å². The van der Waals surface area contributed by atoms with Crippen LogP contribution in [0.5, 0.6) is 0 Å². The summed E-state index contributed by atoms with van der Waals surface area (Å²) in [7, 11) is -3.33. The van der Waals surface area contributed by atoms with Gasteiger partial charge in [-0.2, -0.15) is 0 Å². The average molecular weight is 253 g/mol.